The molecule has 0 fully saturated rings. The van der Waals surface area contributed by atoms with E-state index < -0.39 is 0 Å². The van der Waals surface area contributed by atoms with Crippen LogP contribution in [0, 0.1) is 0 Å². The van der Waals surface area contributed by atoms with Gasteiger partial charge in [-0.25, -0.2) is 19.4 Å². The summed E-state index contributed by atoms with van der Waals surface area (Å²) >= 11 is 0. The molecule has 0 aliphatic rings. The molecular weight excluding hydrogens is 332 g/mol. The van der Waals surface area contributed by atoms with E-state index in [2.05, 4.69) is 25.4 Å². The Kier molecular flexibility index (Phi) is 4.10. The van der Waals surface area contributed by atoms with Crippen LogP contribution in [0.3, 0.4) is 0 Å². The molecule has 8 nitrogen and oxygen atoms in total. The average molecular weight is 350 g/mol. The molecule has 8 heteroatoms. The Bertz CT molecular complexity index is 1070. The van der Waals surface area contributed by atoms with Crippen LogP contribution in [-0.4, -0.2) is 50.5 Å². The van der Waals surface area contributed by atoms with E-state index in [1.807, 2.05) is 31.2 Å². The van der Waals surface area contributed by atoms with E-state index in [-0.39, 0.29) is 12.1 Å². The summed E-state index contributed by atoms with van der Waals surface area (Å²) in [6.45, 7) is 2.32. The number of aromatic amines is 1. The smallest absolute Gasteiger partial charge is 0.341 e. The molecule has 0 spiro atoms. The Morgan fingerprint density at radius 3 is 2.73 bits per heavy atom. The van der Waals surface area contributed by atoms with Crippen LogP contribution in [0.4, 0.5) is 4.79 Å². The highest BCUT2D eigenvalue weighted by atomic mass is 16.5. The molecule has 1 amide bonds. The first-order valence-electron chi connectivity index (χ1n) is 8.22. The van der Waals surface area contributed by atoms with Gasteiger partial charge in [0.2, 0.25) is 0 Å². The zero-order chi connectivity index (χ0) is 18.1. The van der Waals surface area contributed by atoms with Crippen LogP contribution in [-0.2, 0) is 4.74 Å². The molecule has 132 valence electrons. The van der Waals surface area contributed by atoms with Gasteiger partial charge in [-0.05, 0) is 31.2 Å². The summed E-state index contributed by atoms with van der Waals surface area (Å²) in [7, 11) is 1.60. The van der Waals surface area contributed by atoms with Crippen LogP contribution >= 0.6 is 0 Å². The number of amides is 1. The fraction of sp³-hybridized carbons (Fsp3) is 0.222. The molecule has 26 heavy (non-hydrogen) atoms. The summed E-state index contributed by atoms with van der Waals surface area (Å²) in [5.74, 6) is 0. The number of pyridine rings is 1. The molecule has 1 aromatic carbocycles. The summed E-state index contributed by atoms with van der Waals surface area (Å²) in [6.07, 6.45) is 4.95. The van der Waals surface area contributed by atoms with Crippen molar-refractivity contribution in [1.82, 2.24) is 30.0 Å². The predicted octanol–water partition coefficient (Wildman–Crippen LogP) is 2.57. The fourth-order valence-corrected chi connectivity index (χ4v) is 3.01. The van der Waals surface area contributed by atoms with Gasteiger partial charge in [0, 0.05) is 30.5 Å². The molecule has 3 aromatic heterocycles. The molecule has 0 aliphatic heterocycles. The normalized spacial score (nSPS) is 12.5. The van der Waals surface area contributed by atoms with E-state index in [0.717, 1.165) is 33.2 Å². The third-order valence-electron chi connectivity index (χ3n) is 4.18. The van der Waals surface area contributed by atoms with Gasteiger partial charge in [-0.2, -0.15) is 0 Å². The van der Waals surface area contributed by atoms with Crippen LogP contribution < -0.4 is 5.32 Å². The van der Waals surface area contributed by atoms with E-state index in [4.69, 9.17) is 4.74 Å². The van der Waals surface area contributed by atoms with Crippen molar-refractivity contribution in [2.75, 3.05) is 13.7 Å². The predicted molar refractivity (Wildman–Crippen MR) is 97.9 cm³/mol. The molecule has 0 aliphatic carbocycles. The third kappa shape index (κ3) is 2.80. The van der Waals surface area contributed by atoms with Gasteiger partial charge in [0.15, 0.2) is 0 Å². The number of H-pyrrole nitrogens is 1. The standard InChI is InChI=1S/C18H18N6O2/c1-11(9-26-2)22-18(25)24-16-8-15-14(20-10-21-15)7-13(16)17(23-24)12-3-5-19-6-4-12/h3-8,10-11,23H,9H2,1-2H3,(H,22,25)/t11-/m1/s1. The number of hydrogen-bond donors (Lipinski definition) is 2. The van der Waals surface area contributed by atoms with Crippen molar-refractivity contribution < 1.29 is 9.53 Å². The summed E-state index contributed by atoms with van der Waals surface area (Å²) in [5.41, 5.74) is 4.01. The molecule has 0 radical (unpaired) electrons. The highest BCUT2D eigenvalue weighted by Crippen LogP contribution is 2.30. The first-order valence-corrected chi connectivity index (χ1v) is 8.22. The Morgan fingerprint density at radius 2 is 2.00 bits per heavy atom. The number of aromatic nitrogens is 5. The van der Waals surface area contributed by atoms with Crippen molar-refractivity contribution in [3.8, 4) is 11.3 Å². The molecule has 4 rings (SSSR count). The third-order valence-corrected chi connectivity index (χ3v) is 4.18. The van der Waals surface area contributed by atoms with E-state index in [0.29, 0.717) is 6.61 Å². The molecular formula is C18H18N6O2. The van der Waals surface area contributed by atoms with Crippen LogP contribution in [0.2, 0.25) is 0 Å². The molecule has 4 aromatic rings. The van der Waals surface area contributed by atoms with E-state index >= 15 is 0 Å². The van der Waals surface area contributed by atoms with Crippen molar-refractivity contribution in [2.45, 2.75) is 13.0 Å². The van der Waals surface area contributed by atoms with E-state index in [1.54, 1.807) is 19.5 Å². The monoisotopic (exact) mass is 350 g/mol. The first kappa shape index (κ1) is 16.2. The van der Waals surface area contributed by atoms with Crippen molar-refractivity contribution in [2.24, 2.45) is 0 Å². The first-order chi connectivity index (χ1) is 12.7. The number of methoxy groups -OCH3 is 1. The highest BCUT2D eigenvalue weighted by molar-refractivity contribution is 6.04. The molecule has 2 N–H and O–H groups in total. The number of nitrogens with one attached hydrogen (secondary N) is 2. The fourth-order valence-electron chi connectivity index (χ4n) is 3.01. The number of fused-ring (bicyclic) bond motifs is 2. The zero-order valence-corrected chi connectivity index (χ0v) is 14.4. The van der Waals surface area contributed by atoms with Crippen LogP contribution in [0.25, 0.3) is 33.2 Å². The second-order valence-corrected chi connectivity index (χ2v) is 6.10. The van der Waals surface area contributed by atoms with Gasteiger partial charge >= 0.3 is 6.03 Å². The Labute approximate surface area is 149 Å². The lowest BCUT2D eigenvalue weighted by Gasteiger charge is -2.13. The number of hydrogen-bond acceptors (Lipinski definition) is 5. The lowest BCUT2D eigenvalue weighted by molar-refractivity contribution is 0.171. The number of carbonyl (C=O) groups excluding carboxylic acids is 1. The number of carbonyl (C=O) groups is 1. The van der Waals surface area contributed by atoms with Crippen molar-refractivity contribution >= 4 is 28.0 Å². The second-order valence-electron chi connectivity index (χ2n) is 6.10. The maximum Gasteiger partial charge on any atom is 0.341 e. The summed E-state index contributed by atoms with van der Waals surface area (Å²) in [4.78, 5) is 25.3. The van der Waals surface area contributed by atoms with Crippen LogP contribution in [0.1, 0.15) is 6.92 Å². The van der Waals surface area contributed by atoms with Gasteiger partial charge in [-0.1, -0.05) is 0 Å². The topological polar surface area (TPSA) is 97.7 Å². The largest absolute Gasteiger partial charge is 0.383 e. The van der Waals surface area contributed by atoms with Gasteiger partial charge in [0.25, 0.3) is 0 Å². The number of rotatable bonds is 4. The van der Waals surface area contributed by atoms with Crippen molar-refractivity contribution in [1.29, 1.82) is 0 Å². The van der Waals surface area contributed by atoms with Crippen LogP contribution in [0.15, 0.2) is 43.0 Å². The van der Waals surface area contributed by atoms with Crippen molar-refractivity contribution in [3.05, 3.63) is 43.0 Å². The average Bonchev–Trinajstić information content (AvgIpc) is 3.24. The van der Waals surface area contributed by atoms with E-state index in [9.17, 15) is 4.79 Å². The highest BCUT2D eigenvalue weighted by Gasteiger charge is 2.18. The Morgan fingerprint density at radius 1 is 1.27 bits per heavy atom. The molecule has 0 saturated carbocycles. The van der Waals surface area contributed by atoms with E-state index in [1.165, 1.54) is 11.0 Å². The quantitative estimate of drug-likeness (QED) is 0.589. The maximum absolute atomic E-state index is 12.8. The lowest BCUT2D eigenvalue weighted by Crippen LogP contribution is -2.38. The Hall–Kier alpha value is -3.26. The van der Waals surface area contributed by atoms with Crippen molar-refractivity contribution in [3.63, 3.8) is 0 Å². The minimum atomic E-state index is -0.265. The number of ether oxygens (including phenoxy) is 1. The van der Waals surface area contributed by atoms with Gasteiger partial charge in [-0.15, -0.1) is 0 Å². The summed E-state index contributed by atoms with van der Waals surface area (Å²) in [5, 5.41) is 7.00. The maximum atomic E-state index is 12.8. The molecule has 1 atom stereocenters. The SMILES string of the molecule is COC[C@@H](C)NC(=O)n1[nH]c(-c2ccncc2)c2cc3ncnc3cc21. The van der Waals surface area contributed by atoms with Gasteiger partial charge < -0.3 is 10.1 Å². The van der Waals surface area contributed by atoms with Gasteiger partial charge in [-0.3, -0.25) is 10.1 Å². The summed E-state index contributed by atoms with van der Waals surface area (Å²) in [6, 6.07) is 7.19. The van der Waals surface area contributed by atoms with Gasteiger partial charge in [0.05, 0.1) is 34.9 Å². The van der Waals surface area contributed by atoms with Crippen LogP contribution in [0.5, 0.6) is 0 Å². The zero-order valence-electron chi connectivity index (χ0n) is 14.4. The molecule has 0 saturated heterocycles. The molecule has 3 heterocycles. The number of nitrogens with zero attached hydrogens (tertiary/aromatic N) is 4. The lowest BCUT2D eigenvalue weighted by atomic mass is 10.1. The summed E-state index contributed by atoms with van der Waals surface area (Å²) < 4.78 is 6.58. The molecule has 0 unspecified atom stereocenters. The minimum absolute atomic E-state index is 0.120. The molecule has 0 bridgehead atoms. The number of imidazole rings is 1. The number of benzene rings is 1. The Balaban J connectivity index is 1.88. The minimum Gasteiger partial charge on any atom is -0.383 e. The van der Waals surface area contributed by atoms with Gasteiger partial charge in [0.1, 0.15) is 6.33 Å². The second kappa shape index (κ2) is 6.57.